The Labute approximate surface area is 148 Å². The summed E-state index contributed by atoms with van der Waals surface area (Å²) in [6, 6.07) is 4.09. The van der Waals surface area contributed by atoms with E-state index in [-0.39, 0.29) is 36.5 Å². The number of alkyl halides is 3. The van der Waals surface area contributed by atoms with Gasteiger partial charge in [-0.25, -0.2) is 4.39 Å². The maximum atomic E-state index is 12.9. The second-order valence-electron chi connectivity index (χ2n) is 4.28. The van der Waals surface area contributed by atoms with Crippen LogP contribution in [0.25, 0.3) is 0 Å². The van der Waals surface area contributed by atoms with Gasteiger partial charge < -0.3 is 10.6 Å². The van der Waals surface area contributed by atoms with E-state index < -0.39 is 18.4 Å². The van der Waals surface area contributed by atoms with E-state index in [1.807, 2.05) is 0 Å². The third-order valence-corrected chi connectivity index (χ3v) is 2.98. The van der Waals surface area contributed by atoms with Gasteiger partial charge in [0.05, 0.1) is 6.42 Å². The first kappa shape index (κ1) is 21.2. The number of nitrogens with one attached hydrogen (secondary N) is 2. The highest BCUT2D eigenvalue weighted by atomic mass is 127. The van der Waals surface area contributed by atoms with E-state index >= 15 is 0 Å². The van der Waals surface area contributed by atoms with E-state index in [0.29, 0.717) is 18.0 Å². The van der Waals surface area contributed by atoms with Gasteiger partial charge in [0.2, 0.25) is 0 Å². The van der Waals surface area contributed by atoms with Gasteiger partial charge in [0.25, 0.3) is 0 Å². The Balaban J connectivity index is 0.00000441. The van der Waals surface area contributed by atoms with Crippen LogP contribution in [0.3, 0.4) is 0 Å². The molecular weight excluding hydrogens is 437 g/mol. The number of rotatable bonds is 5. The van der Waals surface area contributed by atoms with Crippen molar-refractivity contribution in [3.05, 3.63) is 34.6 Å². The van der Waals surface area contributed by atoms with Crippen LogP contribution in [0.2, 0.25) is 5.02 Å². The van der Waals surface area contributed by atoms with Crippen LogP contribution in [0.1, 0.15) is 12.0 Å². The lowest BCUT2D eigenvalue weighted by atomic mass is 10.1. The number of hydrogen-bond acceptors (Lipinski definition) is 1. The van der Waals surface area contributed by atoms with Crippen molar-refractivity contribution in [2.75, 3.05) is 20.1 Å². The van der Waals surface area contributed by atoms with Gasteiger partial charge in [-0.15, -0.1) is 24.0 Å². The minimum atomic E-state index is -4.20. The summed E-state index contributed by atoms with van der Waals surface area (Å²) in [5.74, 6) is -0.140. The van der Waals surface area contributed by atoms with Gasteiger partial charge >= 0.3 is 6.18 Å². The zero-order valence-electron chi connectivity index (χ0n) is 11.8. The molecule has 0 bridgehead atoms. The lowest BCUT2D eigenvalue weighted by molar-refractivity contribution is -0.132. The molecule has 1 rings (SSSR count). The summed E-state index contributed by atoms with van der Waals surface area (Å²) in [5.41, 5.74) is 0.747. The van der Waals surface area contributed by atoms with Gasteiger partial charge in [0, 0.05) is 25.2 Å². The fourth-order valence-electron chi connectivity index (χ4n) is 1.58. The lowest BCUT2D eigenvalue weighted by Crippen LogP contribution is -2.39. The summed E-state index contributed by atoms with van der Waals surface area (Å²) in [6.45, 7) is 0.164. The molecule has 22 heavy (non-hydrogen) atoms. The van der Waals surface area contributed by atoms with Crippen LogP contribution in [0.4, 0.5) is 17.6 Å². The van der Waals surface area contributed by atoms with Crippen molar-refractivity contribution >= 4 is 41.5 Å². The third kappa shape index (κ3) is 8.62. The highest BCUT2D eigenvalue weighted by Crippen LogP contribution is 2.18. The van der Waals surface area contributed by atoms with E-state index in [4.69, 9.17) is 11.6 Å². The molecule has 0 amide bonds. The van der Waals surface area contributed by atoms with Crippen molar-refractivity contribution in [1.29, 1.82) is 0 Å². The minimum Gasteiger partial charge on any atom is -0.356 e. The van der Waals surface area contributed by atoms with E-state index in [1.165, 1.54) is 19.2 Å². The zero-order chi connectivity index (χ0) is 15.9. The second kappa shape index (κ2) is 10.1. The molecule has 0 aliphatic heterocycles. The van der Waals surface area contributed by atoms with E-state index in [9.17, 15) is 17.6 Å². The van der Waals surface area contributed by atoms with Crippen LogP contribution in [0.5, 0.6) is 0 Å². The maximum absolute atomic E-state index is 12.9. The Morgan fingerprint density at radius 3 is 2.41 bits per heavy atom. The molecule has 0 saturated carbocycles. The first-order valence-electron chi connectivity index (χ1n) is 6.27. The molecule has 0 radical (unpaired) electrons. The van der Waals surface area contributed by atoms with Crippen molar-refractivity contribution in [3.8, 4) is 0 Å². The van der Waals surface area contributed by atoms with Crippen molar-refractivity contribution in [2.24, 2.45) is 4.99 Å². The van der Waals surface area contributed by atoms with Crippen molar-refractivity contribution < 1.29 is 17.6 Å². The van der Waals surface area contributed by atoms with Crippen LogP contribution in [0, 0.1) is 5.82 Å². The first-order valence-corrected chi connectivity index (χ1v) is 6.65. The van der Waals surface area contributed by atoms with Gasteiger partial charge in [0.15, 0.2) is 5.96 Å². The molecule has 0 heterocycles. The number of benzene rings is 1. The summed E-state index contributed by atoms with van der Waals surface area (Å²) < 4.78 is 48.9. The average molecular weight is 454 g/mol. The number of aliphatic imine (C=N–C) groups is 1. The summed E-state index contributed by atoms with van der Waals surface area (Å²) in [6.07, 6.45) is -4.63. The molecule has 2 N–H and O–H groups in total. The quantitative estimate of drug-likeness (QED) is 0.308. The smallest absolute Gasteiger partial charge is 0.356 e. The molecule has 0 fully saturated rings. The Morgan fingerprint density at radius 1 is 1.23 bits per heavy atom. The van der Waals surface area contributed by atoms with Crippen LogP contribution >= 0.6 is 35.6 Å². The highest BCUT2D eigenvalue weighted by molar-refractivity contribution is 14.0. The van der Waals surface area contributed by atoms with Crippen LogP contribution in [-0.4, -0.2) is 32.3 Å². The molecular formula is C13H17ClF4IN3. The molecule has 9 heteroatoms. The Bertz CT molecular complexity index is 495. The summed E-state index contributed by atoms with van der Waals surface area (Å²) in [5, 5.41) is 5.74. The Hall–Kier alpha value is -0.770. The van der Waals surface area contributed by atoms with Gasteiger partial charge in [0.1, 0.15) is 5.82 Å². The predicted octanol–water partition coefficient (Wildman–Crippen LogP) is 3.76. The SMILES string of the molecule is CN=C(NCCc1ccc(F)cc1Cl)NCCC(F)(F)F.I. The Morgan fingerprint density at radius 2 is 1.86 bits per heavy atom. The third-order valence-electron chi connectivity index (χ3n) is 2.63. The molecule has 0 aromatic heterocycles. The number of nitrogens with zero attached hydrogens (tertiary/aromatic N) is 1. The predicted molar refractivity (Wildman–Crippen MR) is 90.6 cm³/mol. The van der Waals surface area contributed by atoms with Crippen molar-refractivity contribution in [3.63, 3.8) is 0 Å². The molecule has 0 unspecified atom stereocenters. The number of halogens is 6. The number of hydrogen-bond donors (Lipinski definition) is 2. The monoisotopic (exact) mass is 453 g/mol. The summed E-state index contributed by atoms with van der Waals surface area (Å²) in [4.78, 5) is 3.81. The van der Waals surface area contributed by atoms with Crippen LogP contribution in [0.15, 0.2) is 23.2 Å². The molecule has 0 aliphatic rings. The molecule has 126 valence electrons. The van der Waals surface area contributed by atoms with Crippen LogP contribution in [-0.2, 0) is 6.42 Å². The minimum absolute atomic E-state index is 0. The van der Waals surface area contributed by atoms with E-state index in [1.54, 1.807) is 6.07 Å². The first-order chi connectivity index (χ1) is 9.81. The standard InChI is InChI=1S/C13H16ClF4N3.HI/c1-19-12(21-7-5-13(16,17)18)20-6-4-9-2-3-10(15)8-11(9)14;/h2-3,8H,4-7H2,1H3,(H2,19,20,21);1H. The Kier molecular flexibility index (Phi) is 9.74. The normalized spacial score (nSPS) is 11.8. The second-order valence-corrected chi connectivity index (χ2v) is 4.68. The highest BCUT2D eigenvalue weighted by Gasteiger charge is 2.26. The van der Waals surface area contributed by atoms with Crippen LogP contribution < -0.4 is 10.6 Å². The summed E-state index contributed by atoms with van der Waals surface area (Å²) in [7, 11) is 1.47. The van der Waals surface area contributed by atoms with Crippen molar-refractivity contribution in [2.45, 2.75) is 19.0 Å². The fraction of sp³-hybridized carbons (Fsp3) is 0.462. The van der Waals surface area contributed by atoms with E-state index in [0.717, 1.165) is 5.56 Å². The maximum Gasteiger partial charge on any atom is 0.390 e. The zero-order valence-corrected chi connectivity index (χ0v) is 14.9. The molecule has 1 aromatic carbocycles. The largest absolute Gasteiger partial charge is 0.390 e. The fourth-order valence-corrected chi connectivity index (χ4v) is 1.84. The number of guanidine groups is 1. The molecule has 0 spiro atoms. The van der Waals surface area contributed by atoms with Gasteiger partial charge in [-0.05, 0) is 24.1 Å². The molecule has 0 saturated heterocycles. The van der Waals surface area contributed by atoms with Crippen molar-refractivity contribution in [1.82, 2.24) is 10.6 Å². The van der Waals surface area contributed by atoms with Gasteiger partial charge in [-0.3, -0.25) is 4.99 Å². The summed E-state index contributed by atoms with van der Waals surface area (Å²) >= 11 is 5.87. The van der Waals surface area contributed by atoms with Gasteiger partial charge in [-0.2, -0.15) is 13.2 Å². The average Bonchev–Trinajstić information content (AvgIpc) is 2.38. The molecule has 0 aliphatic carbocycles. The molecule has 1 aromatic rings. The molecule has 3 nitrogen and oxygen atoms in total. The topological polar surface area (TPSA) is 36.4 Å². The van der Waals surface area contributed by atoms with Gasteiger partial charge in [-0.1, -0.05) is 17.7 Å². The van der Waals surface area contributed by atoms with E-state index in [2.05, 4.69) is 15.6 Å². The lowest BCUT2D eigenvalue weighted by Gasteiger charge is -2.13. The molecule has 0 atom stereocenters.